The number of para-hydroxylation sites is 1. The van der Waals surface area contributed by atoms with Gasteiger partial charge in [-0.2, -0.15) is 5.26 Å². The van der Waals surface area contributed by atoms with Crippen molar-refractivity contribution < 1.29 is 0 Å². The van der Waals surface area contributed by atoms with Crippen molar-refractivity contribution in [1.82, 2.24) is 20.1 Å². The molecule has 67 heavy (non-hydrogen) atoms. The molecule has 2 N–H and O–H groups in total. The van der Waals surface area contributed by atoms with E-state index in [1.807, 2.05) is 0 Å². The van der Waals surface area contributed by atoms with E-state index in [1.54, 1.807) is 21.6 Å². The van der Waals surface area contributed by atoms with Crippen molar-refractivity contribution in [2.24, 2.45) is 41.4 Å². The van der Waals surface area contributed by atoms with E-state index in [2.05, 4.69) is 183 Å². The number of nitriles is 1. The smallest absolute Gasteiger partial charge is 0.0965 e. The minimum Gasteiger partial charge on any atom is -0.340 e. The zero-order chi connectivity index (χ0) is 44.2. The van der Waals surface area contributed by atoms with Crippen LogP contribution in [0.2, 0.25) is 0 Å². The Morgan fingerprint density at radius 1 is 0.716 bits per heavy atom. The van der Waals surface area contributed by atoms with Crippen LogP contribution in [0.3, 0.4) is 0 Å². The van der Waals surface area contributed by atoms with Gasteiger partial charge in [-0.15, -0.1) is 23.5 Å². The molecular weight excluding hydrogens is 855 g/mol. The molecule has 7 heteroatoms. The average Bonchev–Trinajstić information content (AvgIpc) is 4.10. The van der Waals surface area contributed by atoms with Crippen LogP contribution in [0.15, 0.2) is 161 Å². The lowest BCUT2D eigenvalue weighted by molar-refractivity contribution is 0.199. The summed E-state index contributed by atoms with van der Waals surface area (Å²) in [6.07, 6.45) is 57.3. The summed E-state index contributed by atoms with van der Waals surface area (Å²) in [5, 5.41) is 23.2. The summed E-state index contributed by atoms with van der Waals surface area (Å²) in [5.74, 6) is 3.24. The van der Waals surface area contributed by atoms with Gasteiger partial charge in [0.25, 0.3) is 0 Å². The highest BCUT2D eigenvalue weighted by Gasteiger charge is 2.53. The number of nitrogens with zero attached hydrogens (tertiary/aromatic N) is 3. The quantitative estimate of drug-likeness (QED) is 0.292. The zero-order valence-corrected chi connectivity index (χ0v) is 40.1. The molecule has 15 atom stereocenters. The van der Waals surface area contributed by atoms with Gasteiger partial charge >= 0.3 is 0 Å². The van der Waals surface area contributed by atoms with E-state index in [4.69, 9.17) is 0 Å². The first kappa shape index (κ1) is 41.5. The third kappa shape index (κ3) is 6.70. The maximum atomic E-state index is 11.6. The van der Waals surface area contributed by atoms with Crippen LogP contribution in [0.25, 0.3) is 17.0 Å². The van der Waals surface area contributed by atoms with E-state index in [0.717, 1.165) is 31.3 Å². The molecule has 340 valence electrons. The third-order valence-corrected chi connectivity index (χ3v) is 21.5. The van der Waals surface area contributed by atoms with Crippen LogP contribution in [-0.4, -0.2) is 44.3 Å². The maximum Gasteiger partial charge on any atom is 0.0965 e. The molecule has 5 nitrogen and oxygen atoms in total. The van der Waals surface area contributed by atoms with Crippen LogP contribution in [-0.2, 0) is 0 Å². The average molecular weight is 918 g/mol. The highest BCUT2D eigenvalue weighted by molar-refractivity contribution is 8.04. The lowest BCUT2D eigenvalue weighted by atomic mass is 9.76. The van der Waals surface area contributed by atoms with Crippen molar-refractivity contribution in [3.8, 4) is 6.07 Å². The molecule has 0 radical (unpaired) electrons. The van der Waals surface area contributed by atoms with Crippen molar-refractivity contribution in [3.63, 3.8) is 0 Å². The van der Waals surface area contributed by atoms with Crippen molar-refractivity contribution >= 4 is 40.5 Å². The van der Waals surface area contributed by atoms with Crippen molar-refractivity contribution in [1.29, 1.82) is 5.26 Å². The Morgan fingerprint density at radius 2 is 1.61 bits per heavy atom. The van der Waals surface area contributed by atoms with Gasteiger partial charge < -0.3 is 9.47 Å². The van der Waals surface area contributed by atoms with Crippen molar-refractivity contribution in [3.05, 3.63) is 172 Å². The van der Waals surface area contributed by atoms with Gasteiger partial charge in [0.15, 0.2) is 0 Å². The number of fused-ring (bicyclic) bond motifs is 12. The standard InChI is InChI=1S/C60H63N5S2/c61-35-38-33-45(47-30-29-46(36-15-3-1-4-16-36)62-60(63-47)37-17-5-2-6-18-37)53(65-49-24-12-8-22-44(49)57-51(65)32-28-42-40-20-10-14-26-55(40)67-59(42)57)34-52(38)64-48-23-11-7-21-43(48)56-50(64)31-27-41-39-19-9-13-25-54(39)66-58(41)56/h1,3-5,7-8,11-15,17,21-26,28-30,32,36-37,40-43,45-48,53,55,58-60,62-63H,2,6,9-10,16,18-20,27,31,33-34H2. The molecule has 15 unspecified atom stereocenters. The molecule has 1 saturated heterocycles. The predicted molar refractivity (Wildman–Crippen MR) is 278 cm³/mol. The van der Waals surface area contributed by atoms with Gasteiger partial charge in [0, 0.05) is 96.5 Å². The van der Waals surface area contributed by atoms with Crippen LogP contribution in [0.4, 0.5) is 0 Å². The lowest BCUT2D eigenvalue weighted by Crippen LogP contribution is -2.56. The number of benzene rings is 1. The fourth-order valence-electron chi connectivity index (χ4n) is 15.3. The van der Waals surface area contributed by atoms with E-state index in [9.17, 15) is 5.26 Å². The molecule has 14 rings (SSSR count). The minimum absolute atomic E-state index is 0.0798. The topological polar surface area (TPSA) is 56.0 Å². The second-order valence-corrected chi connectivity index (χ2v) is 24.1. The zero-order valence-electron chi connectivity index (χ0n) is 38.5. The normalized spacial score (nSPS) is 39.9. The Kier molecular flexibility index (Phi) is 10.5. The minimum atomic E-state index is 0.0798. The molecule has 0 spiro atoms. The number of nitrogens with one attached hydrogen (secondary N) is 2. The Hall–Kier alpha value is -4.45. The van der Waals surface area contributed by atoms with E-state index in [0.29, 0.717) is 51.3 Å². The van der Waals surface area contributed by atoms with Gasteiger partial charge in [-0.25, -0.2) is 0 Å². The van der Waals surface area contributed by atoms with Gasteiger partial charge in [-0.1, -0.05) is 127 Å². The summed E-state index contributed by atoms with van der Waals surface area (Å²) in [6.45, 7) is 0. The number of hydrogen-bond acceptors (Lipinski definition) is 6. The number of aromatic nitrogens is 1. The monoisotopic (exact) mass is 917 g/mol. The summed E-state index contributed by atoms with van der Waals surface area (Å²) >= 11 is 4.39. The van der Waals surface area contributed by atoms with E-state index < -0.39 is 0 Å². The van der Waals surface area contributed by atoms with Gasteiger partial charge in [0.2, 0.25) is 0 Å². The maximum absolute atomic E-state index is 11.6. The lowest BCUT2D eigenvalue weighted by Gasteiger charge is -2.44. The third-order valence-electron chi connectivity index (χ3n) is 18.3. The van der Waals surface area contributed by atoms with E-state index in [-0.39, 0.29) is 36.3 Å². The molecule has 0 amide bonds. The molecule has 2 aromatic rings. The van der Waals surface area contributed by atoms with Gasteiger partial charge in [-0.3, -0.25) is 10.6 Å². The fourth-order valence-corrected chi connectivity index (χ4v) is 19.0. The molecular formula is C60H63N5S2. The van der Waals surface area contributed by atoms with Gasteiger partial charge in [0.05, 0.1) is 18.3 Å². The summed E-state index contributed by atoms with van der Waals surface area (Å²) in [7, 11) is 0. The highest BCUT2D eigenvalue weighted by atomic mass is 32.2. The molecule has 0 bridgehead atoms. The molecule has 5 heterocycles. The Balaban J connectivity index is 0.922. The predicted octanol–water partition coefficient (Wildman–Crippen LogP) is 13.2. The molecule has 1 aromatic carbocycles. The van der Waals surface area contributed by atoms with Crippen molar-refractivity contribution in [2.75, 3.05) is 0 Å². The number of hydrogen-bond donors (Lipinski definition) is 2. The first-order valence-corrected chi connectivity index (χ1v) is 27.9. The SMILES string of the molecule is N#CC1=C(N2C3=C(C4C=CC=CC42)C2SC4=C(CCC=C4)C2CC3)CC(n2c3c(c4ccccc42)C2SC4C=CCCC4C2C=C3)C(C2C=CC(C3C=CC=CC3)NC(C3C=CCCC3)N2)C1. The molecule has 1 fully saturated rings. The van der Waals surface area contributed by atoms with Gasteiger partial charge in [-0.05, 0) is 118 Å². The number of rotatable bonds is 5. The Bertz CT molecular complexity index is 2810. The second kappa shape index (κ2) is 16.9. The fraction of sp³-hybridized carbons (Fsp3) is 0.450. The van der Waals surface area contributed by atoms with Crippen molar-refractivity contribution in [2.45, 2.75) is 123 Å². The summed E-state index contributed by atoms with van der Waals surface area (Å²) in [6, 6.07) is 13.1. The highest BCUT2D eigenvalue weighted by Crippen LogP contribution is 2.63. The van der Waals surface area contributed by atoms with E-state index in [1.165, 1.54) is 79.4 Å². The molecule has 8 aliphatic carbocycles. The van der Waals surface area contributed by atoms with Crippen LogP contribution in [0.1, 0.15) is 99.6 Å². The summed E-state index contributed by atoms with van der Waals surface area (Å²) < 4.78 is 2.83. The Morgan fingerprint density at radius 3 is 2.52 bits per heavy atom. The largest absolute Gasteiger partial charge is 0.340 e. The van der Waals surface area contributed by atoms with Gasteiger partial charge in [0.1, 0.15) is 0 Å². The molecule has 0 saturated carbocycles. The molecule has 1 aromatic heterocycles. The summed E-state index contributed by atoms with van der Waals surface area (Å²) in [5.41, 5.74) is 11.5. The van der Waals surface area contributed by atoms with Crippen LogP contribution in [0, 0.1) is 52.8 Å². The molecule has 4 aliphatic heterocycles. The first-order valence-electron chi connectivity index (χ1n) is 26.1. The van der Waals surface area contributed by atoms with Crippen LogP contribution in [0.5, 0.6) is 0 Å². The van der Waals surface area contributed by atoms with Crippen LogP contribution < -0.4 is 10.6 Å². The molecule has 12 aliphatic rings. The number of thioether (sulfide) groups is 2. The summed E-state index contributed by atoms with van der Waals surface area (Å²) in [4.78, 5) is 4.32. The Labute approximate surface area is 406 Å². The van der Waals surface area contributed by atoms with Crippen LogP contribution >= 0.6 is 23.5 Å². The van der Waals surface area contributed by atoms with E-state index >= 15 is 0 Å². The first-order chi connectivity index (χ1) is 33.2. The second-order valence-electron chi connectivity index (χ2n) is 21.5. The number of allylic oxidation sites excluding steroid dienone is 14.